The number of methoxy groups -OCH3 is 1. The molecule has 1 aliphatic heterocycles. The molecule has 1 N–H and O–H groups in total. The zero-order valence-electron chi connectivity index (χ0n) is 15.0. The minimum Gasteiger partial charge on any atom is -0.497 e. The van der Waals surface area contributed by atoms with E-state index in [1.165, 1.54) is 10.5 Å². The van der Waals surface area contributed by atoms with Gasteiger partial charge in [-0.1, -0.05) is 0 Å². The summed E-state index contributed by atoms with van der Waals surface area (Å²) >= 11 is 5.26. The molecular weight excluding hydrogens is 374 g/mol. The second-order valence-corrected chi connectivity index (χ2v) is 9.45. The highest BCUT2D eigenvalue weighted by Crippen LogP contribution is 2.22. The molecule has 0 spiro atoms. The summed E-state index contributed by atoms with van der Waals surface area (Å²) in [4.78, 5) is 1.53. The maximum Gasteiger partial charge on any atom is 0.291 e. The van der Waals surface area contributed by atoms with Crippen LogP contribution in [-0.4, -0.2) is 43.9 Å². The van der Waals surface area contributed by atoms with Crippen molar-refractivity contribution < 1.29 is 22.5 Å². The van der Waals surface area contributed by atoms with Crippen molar-refractivity contribution in [3.63, 3.8) is 0 Å². The highest BCUT2D eigenvalue weighted by atomic mass is 32.2. The number of hydrogen-bond donors (Lipinski definition) is 1. The number of aromatic nitrogens is 2. The number of rotatable bonds is 7. The van der Waals surface area contributed by atoms with E-state index in [-0.39, 0.29) is 17.4 Å². The summed E-state index contributed by atoms with van der Waals surface area (Å²) in [6.45, 7) is 1.39. The van der Waals surface area contributed by atoms with Gasteiger partial charge < -0.3 is 14.1 Å². The molecule has 7 nitrogen and oxygen atoms in total. The zero-order chi connectivity index (χ0) is 18.7. The van der Waals surface area contributed by atoms with Crippen LogP contribution in [0.4, 0.5) is 0 Å². The predicted octanol–water partition coefficient (Wildman–Crippen LogP) is 0.864. The van der Waals surface area contributed by atoms with Crippen LogP contribution in [-0.2, 0) is 29.5 Å². The summed E-state index contributed by atoms with van der Waals surface area (Å²) in [5.74, 6) is 1.91. The van der Waals surface area contributed by atoms with Gasteiger partial charge in [-0.15, -0.1) is 5.10 Å². The number of quaternary nitrogens is 1. The Morgan fingerprint density at radius 3 is 2.73 bits per heavy atom. The van der Waals surface area contributed by atoms with Gasteiger partial charge in [0.2, 0.25) is 5.89 Å². The number of hydrogen-bond acceptors (Lipinski definition) is 6. The number of nitrogens with one attached hydrogen (secondary N) is 1. The molecule has 2 heterocycles. The number of sulfone groups is 1. The van der Waals surface area contributed by atoms with Crippen LogP contribution in [0.5, 0.6) is 5.75 Å². The van der Waals surface area contributed by atoms with Crippen LogP contribution in [0.15, 0.2) is 28.7 Å². The van der Waals surface area contributed by atoms with E-state index in [0.717, 1.165) is 12.3 Å². The van der Waals surface area contributed by atoms with E-state index in [1.54, 1.807) is 11.8 Å². The normalized spacial score (nSPS) is 20.2. The Balaban J connectivity index is 1.59. The molecule has 0 saturated carbocycles. The second-order valence-electron chi connectivity index (χ2n) is 6.87. The van der Waals surface area contributed by atoms with Crippen molar-refractivity contribution in [3.8, 4) is 5.75 Å². The largest absolute Gasteiger partial charge is 0.497 e. The van der Waals surface area contributed by atoms with Crippen molar-refractivity contribution >= 4 is 22.1 Å². The summed E-state index contributed by atoms with van der Waals surface area (Å²) in [6.07, 6.45) is 1.19. The van der Waals surface area contributed by atoms with Gasteiger partial charge in [-0.3, -0.25) is 0 Å². The first-order chi connectivity index (χ1) is 12.3. The molecule has 26 heavy (non-hydrogen) atoms. The summed E-state index contributed by atoms with van der Waals surface area (Å²) in [5.41, 5.74) is 1.19. The van der Waals surface area contributed by atoms with Gasteiger partial charge >= 0.3 is 0 Å². The molecule has 0 amide bonds. The first-order valence-corrected chi connectivity index (χ1v) is 10.8. The fraction of sp³-hybridized carbons (Fsp3) is 0.529. The second kappa shape index (κ2) is 7.89. The molecule has 2 atom stereocenters. The highest BCUT2D eigenvalue weighted by molar-refractivity contribution is 7.91. The minimum absolute atomic E-state index is 0.0749. The van der Waals surface area contributed by atoms with E-state index >= 15 is 0 Å². The third-order valence-corrected chi connectivity index (χ3v) is 6.65. The van der Waals surface area contributed by atoms with E-state index in [1.807, 2.05) is 24.3 Å². The van der Waals surface area contributed by atoms with Gasteiger partial charge in [0.05, 0.1) is 25.7 Å². The van der Waals surface area contributed by atoms with Gasteiger partial charge in [-0.25, -0.2) is 8.42 Å². The van der Waals surface area contributed by atoms with Gasteiger partial charge in [-0.05, 0) is 48.8 Å². The molecule has 1 fully saturated rings. The van der Waals surface area contributed by atoms with Crippen LogP contribution in [0.3, 0.4) is 0 Å². The van der Waals surface area contributed by atoms with Crippen molar-refractivity contribution in [1.82, 2.24) is 9.78 Å². The smallest absolute Gasteiger partial charge is 0.291 e. The quantitative estimate of drug-likeness (QED) is 0.697. The average molecular weight is 399 g/mol. The van der Waals surface area contributed by atoms with Crippen LogP contribution in [0.1, 0.15) is 17.9 Å². The monoisotopic (exact) mass is 398 g/mol. The number of ether oxygens (including phenoxy) is 1. The molecule has 9 heteroatoms. The van der Waals surface area contributed by atoms with E-state index in [4.69, 9.17) is 21.4 Å². The van der Waals surface area contributed by atoms with E-state index in [9.17, 15) is 8.42 Å². The number of benzene rings is 1. The standard InChI is InChI=1S/C17H23N3O4S2/c1-19(10-13-3-5-15(23-2)6-4-13)12-20-17(25)24-16(18-20)9-14-7-8-26(21,22)11-14/h3-6,14H,7-12H2,1-2H3/p+1/t14-/m1/s1. The van der Waals surface area contributed by atoms with Gasteiger partial charge in [-0.2, -0.15) is 4.68 Å². The Labute approximate surface area is 158 Å². The summed E-state index contributed by atoms with van der Waals surface area (Å²) in [7, 11) is 0.817. The molecule has 1 aliphatic rings. The van der Waals surface area contributed by atoms with Crippen LogP contribution in [0, 0.1) is 10.8 Å². The first-order valence-electron chi connectivity index (χ1n) is 8.56. The summed E-state index contributed by atoms with van der Waals surface area (Å²) in [6, 6.07) is 7.96. The molecule has 0 bridgehead atoms. The fourth-order valence-electron chi connectivity index (χ4n) is 3.22. The summed E-state index contributed by atoms with van der Waals surface area (Å²) in [5, 5.41) is 4.44. The lowest BCUT2D eigenvalue weighted by Crippen LogP contribution is -3.07. The Kier molecular flexibility index (Phi) is 5.79. The maximum absolute atomic E-state index is 11.6. The molecule has 3 rings (SSSR count). The molecule has 0 aliphatic carbocycles. The first kappa shape index (κ1) is 19.1. The SMILES string of the molecule is COc1ccc(C[NH+](C)Cn2nc(C[C@H]3CCS(=O)(=O)C3)oc2=S)cc1. The summed E-state index contributed by atoms with van der Waals surface area (Å²) < 4.78 is 35.6. The zero-order valence-corrected chi connectivity index (χ0v) is 16.6. The van der Waals surface area contributed by atoms with Crippen LogP contribution < -0.4 is 9.64 Å². The van der Waals surface area contributed by atoms with Gasteiger partial charge in [0, 0.05) is 12.0 Å². The van der Waals surface area contributed by atoms with Gasteiger partial charge in [0.1, 0.15) is 12.3 Å². The molecular formula is C17H24N3O4S2+. The van der Waals surface area contributed by atoms with Gasteiger partial charge in [0.15, 0.2) is 16.5 Å². The van der Waals surface area contributed by atoms with Crippen LogP contribution in [0.2, 0.25) is 0 Å². The number of nitrogens with zero attached hydrogens (tertiary/aromatic N) is 2. The highest BCUT2D eigenvalue weighted by Gasteiger charge is 2.29. The topological polar surface area (TPSA) is 78.8 Å². The Morgan fingerprint density at radius 2 is 2.12 bits per heavy atom. The van der Waals surface area contributed by atoms with Crippen molar-refractivity contribution in [1.29, 1.82) is 0 Å². The van der Waals surface area contributed by atoms with Crippen LogP contribution >= 0.6 is 12.2 Å². The molecule has 0 radical (unpaired) electrons. The van der Waals surface area contributed by atoms with Crippen molar-refractivity contribution in [3.05, 3.63) is 40.6 Å². The lowest BCUT2D eigenvalue weighted by atomic mass is 10.1. The molecule has 1 aromatic heterocycles. The van der Waals surface area contributed by atoms with Crippen molar-refractivity contribution in [2.45, 2.75) is 26.1 Å². The lowest BCUT2D eigenvalue weighted by Gasteiger charge is -2.13. The van der Waals surface area contributed by atoms with Gasteiger partial charge in [0.25, 0.3) is 4.84 Å². The Morgan fingerprint density at radius 1 is 1.38 bits per heavy atom. The third kappa shape index (κ3) is 4.93. The minimum atomic E-state index is -2.89. The fourth-order valence-corrected chi connectivity index (χ4v) is 5.28. The predicted molar refractivity (Wildman–Crippen MR) is 99.4 cm³/mol. The average Bonchev–Trinajstić information content (AvgIpc) is 3.10. The van der Waals surface area contributed by atoms with Crippen molar-refractivity contribution in [2.24, 2.45) is 5.92 Å². The maximum atomic E-state index is 11.6. The molecule has 142 valence electrons. The molecule has 2 aromatic rings. The van der Waals surface area contributed by atoms with Crippen molar-refractivity contribution in [2.75, 3.05) is 25.7 Å². The third-order valence-electron chi connectivity index (χ3n) is 4.52. The van der Waals surface area contributed by atoms with Crippen LogP contribution in [0.25, 0.3) is 0 Å². The molecule has 1 unspecified atom stereocenters. The Hall–Kier alpha value is -1.71. The lowest BCUT2D eigenvalue weighted by molar-refractivity contribution is -0.917. The van der Waals surface area contributed by atoms with E-state index in [2.05, 4.69) is 12.1 Å². The molecule has 1 saturated heterocycles. The molecule has 1 aromatic carbocycles. The van der Waals surface area contributed by atoms with E-state index < -0.39 is 9.84 Å². The van der Waals surface area contributed by atoms with E-state index in [0.29, 0.717) is 30.2 Å². The Bertz CT molecular complexity index is 903.